The Morgan fingerprint density at radius 1 is 1.13 bits per heavy atom. The van der Waals surface area contributed by atoms with Gasteiger partial charge in [-0.3, -0.25) is 4.79 Å². The average molecular weight is 449 g/mol. The van der Waals surface area contributed by atoms with E-state index in [9.17, 15) is 18.0 Å². The number of hydrogen-bond acceptors (Lipinski definition) is 8. The van der Waals surface area contributed by atoms with Crippen molar-refractivity contribution in [1.82, 2.24) is 4.31 Å². The molecule has 1 aromatic carbocycles. The summed E-state index contributed by atoms with van der Waals surface area (Å²) < 4.78 is 45.9. The van der Waals surface area contributed by atoms with Crippen LogP contribution < -0.4 is 10.4 Å². The van der Waals surface area contributed by atoms with Crippen molar-refractivity contribution < 1.29 is 31.5 Å². The summed E-state index contributed by atoms with van der Waals surface area (Å²) >= 11 is 0. The first-order valence-electron chi connectivity index (χ1n) is 9.40. The maximum absolute atomic E-state index is 12.4. The minimum atomic E-state index is -3.70. The summed E-state index contributed by atoms with van der Waals surface area (Å²) in [6, 6.07) is 7.93. The summed E-state index contributed by atoms with van der Waals surface area (Å²) in [6.45, 7) is 1.58. The molecule has 0 bridgehead atoms. The van der Waals surface area contributed by atoms with E-state index in [2.05, 4.69) is 0 Å². The average Bonchev–Trinajstić information content (AvgIpc) is 3.21. The first-order valence-corrected chi connectivity index (χ1v) is 10.8. The van der Waals surface area contributed by atoms with Crippen LogP contribution in [0.1, 0.15) is 23.3 Å². The van der Waals surface area contributed by atoms with Gasteiger partial charge in [-0.05, 0) is 43.2 Å². The van der Waals surface area contributed by atoms with Crippen LogP contribution in [0.3, 0.4) is 0 Å². The van der Waals surface area contributed by atoms with Crippen molar-refractivity contribution in [3.05, 3.63) is 57.6 Å². The Kier molecular flexibility index (Phi) is 6.51. The molecule has 0 amide bonds. The summed E-state index contributed by atoms with van der Waals surface area (Å²) in [5, 5.41) is 0.526. The highest BCUT2D eigenvalue weighted by Gasteiger charge is 2.22. The van der Waals surface area contributed by atoms with E-state index in [0.29, 0.717) is 16.9 Å². The highest BCUT2D eigenvalue weighted by atomic mass is 32.2. The van der Waals surface area contributed by atoms with Gasteiger partial charge < -0.3 is 18.3 Å². The van der Waals surface area contributed by atoms with Crippen LogP contribution in [0.25, 0.3) is 11.0 Å². The van der Waals surface area contributed by atoms with Crippen LogP contribution in [-0.2, 0) is 32.6 Å². The number of methoxy groups -OCH3 is 1. The molecular weight excluding hydrogens is 426 g/mol. The zero-order valence-corrected chi connectivity index (χ0v) is 18.4. The van der Waals surface area contributed by atoms with Crippen molar-refractivity contribution in [3.63, 3.8) is 0 Å². The fourth-order valence-electron chi connectivity index (χ4n) is 3.00. The Hall–Kier alpha value is -3.11. The van der Waals surface area contributed by atoms with Crippen molar-refractivity contribution in [2.75, 3.05) is 21.2 Å². The van der Waals surface area contributed by atoms with Crippen LogP contribution in [0.5, 0.6) is 5.75 Å². The van der Waals surface area contributed by atoms with Crippen molar-refractivity contribution in [2.45, 2.75) is 31.5 Å². The number of esters is 1. The Labute approximate surface area is 179 Å². The normalized spacial score (nSPS) is 11.8. The molecule has 0 spiro atoms. The van der Waals surface area contributed by atoms with E-state index < -0.39 is 21.6 Å². The van der Waals surface area contributed by atoms with E-state index in [1.807, 2.05) is 0 Å². The lowest BCUT2D eigenvalue weighted by molar-refractivity contribution is -0.145. The standard InChI is InChI=1S/C21H23NO8S/c1-13-16-7-5-14(27-4)11-18(16)30-21(24)17(13)8-9-19(23)28-12-15-6-10-20(29-15)31(25,26)22(2)3/h5-7,10-11H,8-9,12H2,1-4H3. The molecule has 0 radical (unpaired) electrons. The number of hydrogen-bond donors (Lipinski definition) is 0. The smallest absolute Gasteiger partial charge is 0.339 e. The van der Waals surface area contributed by atoms with Crippen molar-refractivity contribution in [2.24, 2.45) is 0 Å². The number of rotatable bonds is 8. The van der Waals surface area contributed by atoms with E-state index in [1.54, 1.807) is 25.1 Å². The monoisotopic (exact) mass is 449 g/mol. The first kappa shape index (κ1) is 22.6. The summed E-state index contributed by atoms with van der Waals surface area (Å²) in [4.78, 5) is 24.5. The Morgan fingerprint density at radius 2 is 1.87 bits per heavy atom. The molecule has 10 heteroatoms. The molecule has 2 aromatic heterocycles. The topological polar surface area (TPSA) is 116 Å². The lowest BCUT2D eigenvalue weighted by Crippen LogP contribution is -2.21. The molecule has 0 aliphatic carbocycles. The van der Waals surface area contributed by atoms with Gasteiger partial charge in [-0.15, -0.1) is 0 Å². The van der Waals surface area contributed by atoms with Crippen LogP contribution in [-0.4, -0.2) is 39.9 Å². The van der Waals surface area contributed by atoms with E-state index >= 15 is 0 Å². The number of furan rings is 1. The maximum Gasteiger partial charge on any atom is 0.339 e. The fraction of sp³-hybridized carbons (Fsp3) is 0.333. The largest absolute Gasteiger partial charge is 0.497 e. The molecular formula is C21H23NO8S. The summed E-state index contributed by atoms with van der Waals surface area (Å²) in [5.41, 5.74) is 1.02. The third-order valence-electron chi connectivity index (χ3n) is 4.82. The number of sulfonamides is 1. The predicted molar refractivity (Wildman–Crippen MR) is 111 cm³/mol. The summed E-state index contributed by atoms with van der Waals surface area (Å²) in [7, 11) is 0.601. The van der Waals surface area contributed by atoms with Crippen molar-refractivity contribution in [1.29, 1.82) is 0 Å². The first-order chi connectivity index (χ1) is 14.6. The van der Waals surface area contributed by atoms with Crippen LogP contribution in [0, 0.1) is 6.92 Å². The van der Waals surface area contributed by atoms with Gasteiger partial charge in [0.2, 0.25) is 5.09 Å². The van der Waals surface area contributed by atoms with Crippen molar-refractivity contribution >= 4 is 27.0 Å². The summed E-state index contributed by atoms with van der Waals surface area (Å²) in [5.74, 6) is 0.219. The molecule has 0 saturated heterocycles. The Morgan fingerprint density at radius 3 is 2.55 bits per heavy atom. The highest BCUT2D eigenvalue weighted by molar-refractivity contribution is 7.88. The zero-order chi connectivity index (χ0) is 22.8. The molecule has 3 rings (SSSR count). The van der Waals surface area contributed by atoms with E-state index in [4.69, 9.17) is 18.3 Å². The lowest BCUT2D eigenvalue weighted by atomic mass is 10.0. The van der Waals surface area contributed by atoms with Gasteiger partial charge in [-0.2, -0.15) is 0 Å². The molecule has 166 valence electrons. The van der Waals surface area contributed by atoms with Gasteiger partial charge in [0.05, 0.1) is 7.11 Å². The minimum Gasteiger partial charge on any atom is -0.497 e. The molecule has 9 nitrogen and oxygen atoms in total. The molecule has 0 fully saturated rings. The van der Waals surface area contributed by atoms with E-state index in [0.717, 1.165) is 15.3 Å². The van der Waals surface area contributed by atoms with E-state index in [1.165, 1.54) is 33.3 Å². The predicted octanol–water partition coefficient (Wildman–Crippen LogP) is 2.63. The number of aryl methyl sites for hydroxylation is 1. The van der Waals surface area contributed by atoms with Crippen LogP contribution in [0.4, 0.5) is 0 Å². The second-order valence-corrected chi connectivity index (χ2v) is 9.11. The summed E-state index contributed by atoms with van der Waals surface area (Å²) in [6.07, 6.45) is 0.101. The molecule has 0 N–H and O–H groups in total. The van der Waals surface area contributed by atoms with E-state index in [-0.39, 0.29) is 30.3 Å². The van der Waals surface area contributed by atoms with Gasteiger partial charge in [0.1, 0.15) is 23.7 Å². The fourth-order valence-corrected chi connectivity index (χ4v) is 3.81. The molecule has 0 saturated carbocycles. The number of carbonyl (C=O) groups excluding carboxylic acids is 1. The lowest BCUT2D eigenvalue weighted by Gasteiger charge is -2.09. The van der Waals surface area contributed by atoms with Gasteiger partial charge in [0.25, 0.3) is 10.0 Å². The minimum absolute atomic E-state index is 0.0448. The zero-order valence-electron chi connectivity index (χ0n) is 17.6. The van der Waals surface area contributed by atoms with Gasteiger partial charge in [0.15, 0.2) is 0 Å². The number of ether oxygens (including phenoxy) is 2. The second-order valence-electron chi connectivity index (χ2n) is 7.02. The Bertz CT molecular complexity index is 1270. The van der Waals surface area contributed by atoms with Crippen LogP contribution in [0.15, 0.2) is 49.1 Å². The molecule has 0 aliphatic rings. The quantitative estimate of drug-likeness (QED) is 0.381. The highest BCUT2D eigenvalue weighted by Crippen LogP contribution is 2.24. The second kappa shape index (κ2) is 8.94. The number of benzene rings is 1. The maximum atomic E-state index is 12.4. The number of fused-ring (bicyclic) bond motifs is 1. The third kappa shape index (κ3) is 4.80. The van der Waals surface area contributed by atoms with Gasteiger partial charge in [0, 0.05) is 37.5 Å². The van der Waals surface area contributed by atoms with Gasteiger partial charge >= 0.3 is 11.6 Å². The molecule has 31 heavy (non-hydrogen) atoms. The van der Waals surface area contributed by atoms with Gasteiger partial charge in [-0.25, -0.2) is 17.5 Å². The number of carbonyl (C=O) groups is 1. The molecule has 2 heterocycles. The molecule has 0 aliphatic heterocycles. The third-order valence-corrected chi connectivity index (χ3v) is 6.51. The van der Waals surface area contributed by atoms with Crippen LogP contribution in [0.2, 0.25) is 0 Å². The molecule has 3 aromatic rings. The number of nitrogens with zero attached hydrogens (tertiary/aromatic N) is 1. The molecule has 0 unspecified atom stereocenters. The molecule has 0 atom stereocenters. The van der Waals surface area contributed by atoms with Crippen LogP contribution >= 0.6 is 0 Å². The SMILES string of the molecule is COc1ccc2c(C)c(CCC(=O)OCc3ccc(S(=O)(=O)N(C)C)o3)c(=O)oc2c1. The van der Waals surface area contributed by atoms with Gasteiger partial charge in [-0.1, -0.05) is 0 Å². The van der Waals surface area contributed by atoms with Crippen molar-refractivity contribution in [3.8, 4) is 5.75 Å². The Balaban J connectivity index is 1.64.